The van der Waals surface area contributed by atoms with E-state index in [-0.39, 0.29) is 11.9 Å². The Morgan fingerprint density at radius 3 is 2.95 bits per heavy atom. The number of halogens is 3. The van der Waals surface area contributed by atoms with E-state index in [9.17, 15) is 4.39 Å². The number of alkyl halides is 1. The summed E-state index contributed by atoms with van der Waals surface area (Å²) >= 11 is 9.38. The molecule has 0 radical (unpaired) electrons. The molecule has 0 amide bonds. The van der Waals surface area contributed by atoms with E-state index in [1.54, 1.807) is 12.1 Å². The molecule has 1 atom stereocenters. The second-order valence-corrected chi connectivity index (χ2v) is 5.89. The number of hydrogen-bond donors (Lipinski definition) is 0. The van der Waals surface area contributed by atoms with Crippen LogP contribution in [0.3, 0.4) is 0 Å². The Labute approximate surface area is 136 Å². The van der Waals surface area contributed by atoms with Crippen LogP contribution in [-0.4, -0.2) is 12.7 Å². The topological polar surface area (TPSA) is 18.5 Å². The molecule has 0 fully saturated rings. The first kappa shape index (κ1) is 14.7. The molecule has 1 aliphatic heterocycles. The fraction of sp³-hybridized carbons (Fsp3) is 0.250. The van der Waals surface area contributed by atoms with Gasteiger partial charge in [-0.05, 0) is 36.4 Å². The lowest BCUT2D eigenvalue weighted by atomic mass is 10.1. The molecule has 2 nitrogen and oxygen atoms in total. The van der Waals surface area contributed by atoms with E-state index in [1.165, 1.54) is 12.1 Å². The molecule has 21 heavy (non-hydrogen) atoms. The summed E-state index contributed by atoms with van der Waals surface area (Å²) in [5.74, 6) is 1.28. The van der Waals surface area contributed by atoms with Crippen LogP contribution in [0.2, 0.25) is 5.02 Å². The molecule has 5 heteroatoms. The van der Waals surface area contributed by atoms with Gasteiger partial charge in [0.15, 0.2) is 0 Å². The van der Waals surface area contributed by atoms with Crippen LogP contribution in [0.25, 0.3) is 0 Å². The van der Waals surface area contributed by atoms with Gasteiger partial charge in [-0.2, -0.15) is 0 Å². The monoisotopic (exact) mass is 370 g/mol. The maximum absolute atomic E-state index is 13.2. The van der Waals surface area contributed by atoms with Gasteiger partial charge in [-0.15, -0.1) is 0 Å². The lowest BCUT2D eigenvalue weighted by Crippen LogP contribution is -2.22. The van der Waals surface area contributed by atoms with E-state index in [1.807, 2.05) is 12.1 Å². The predicted octanol–water partition coefficient (Wildman–Crippen LogP) is 4.76. The van der Waals surface area contributed by atoms with E-state index < -0.39 is 0 Å². The van der Waals surface area contributed by atoms with Crippen molar-refractivity contribution < 1.29 is 13.9 Å². The molecule has 0 aliphatic carbocycles. The maximum Gasteiger partial charge on any atom is 0.137 e. The second-order valence-electron chi connectivity index (χ2n) is 4.89. The molecular formula is C16H13BrClFO2. The fourth-order valence-electron chi connectivity index (χ4n) is 2.36. The van der Waals surface area contributed by atoms with Gasteiger partial charge >= 0.3 is 0 Å². The normalized spacial score (nSPS) is 16.4. The highest BCUT2D eigenvalue weighted by atomic mass is 79.9. The first-order valence-electron chi connectivity index (χ1n) is 6.58. The molecule has 0 spiro atoms. The summed E-state index contributed by atoms with van der Waals surface area (Å²) in [5.41, 5.74) is 1.88. The minimum atomic E-state index is -0.238. The van der Waals surface area contributed by atoms with Crippen molar-refractivity contribution in [1.29, 1.82) is 0 Å². The number of fused-ring (bicyclic) bond motifs is 1. The Morgan fingerprint density at radius 1 is 1.29 bits per heavy atom. The first-order chi connectivity index (χ1) is 10.2. The SMILES string of the molecule is Fc1ccc2c(c1)CC(COc1ccc(Cl)cc1CBr)O2. The van der Waals surface area contributed by atoms with Gasteiger partial charge in [-0.25, -0.2) is 4.39 Å². The molecule has 3 rings (SSSR count). The lowest BCUT2D eigenvalue weighted by molar-refractivity contribution is 0.148. The summed E-state index contributed by atoms with van der Waals surface area (Å²) in [6, 6.07) is 10.1. The van der Waals surface area contributed by atoms with Crippen molar-refractivity contribution in [2.24, 2.45) is 0 Å². The van der Waals surface area contributed by atoms with Crippen LogP contribution in [0.4, 0.5) is 4.39 Å². The summed E-state index contributed by atoms with van der Waals surface area (Å²) in [5, 5.41) is 1.34. The predicted molar refractivity (Wildman–Crippen MR) is 84.1 cm³/mol. The molecule has 1 heterocycles. The Morgan fingerprint density at radius 2 is 2.14 bits per heavy atom. The van der Waals surface area contributed by atoms with Crippen molar-refractivity contribution in [3.05, 3.63) is 58.4 Å². The zero-order valence-corrected chi connectivity index (χ0v) is 13.5. The van der Waals surface area contributed by atoms with Gasteiger partial charge in [0.1, 0.15) is 30.0 Å². The standard InChI is InChI=1S/C16H13BrClFO2/c17-8-11-5-12(18)1-3-15(11)20-9-14-7-10-6-13(19)2-4-16(10)21-14/h1-6,14H,7-9H2. The van der Waals surface area contributed by atoms with Gasteiger partial charge in [-0.3, -0.25) is 0 Å². The first-order valence-corrected chi connectivity index (χ1v) is 8.08. The fourth-order valence-corrected chi connectivity index (χ4v) is 2.99. The molecular weight excluding hydrogens is 359 g/mol. The lowest BCUT2D eigenvalue weighted by Gasteiger charge is -2.14. The molecule has 2 aromatic rings. The number of ether oxygens (including phenoxy) is 2. The minimum Gasteiger partial charge on any atom is -0.489 e. The van der Waals surface area contributed by atoms with Crippen LogP contribution in [0.1, 0.15) is 11.1 Å². The highest BCUT2D eigenvalue weighted by Gasteiger charge is 2.24. The largest absolute Gasteiger partial charge is 0.489 e. The van der Waals surface area contributed by atoms with E-state index in [0.717, 1.165) is 22.6 Å². The average Bonchev–Trinajstić information content (AvgIpc) is 2.87. The average molecular weight is 372 g/mol. The summed E-state index contributed by atoms with van der Waals surface area (Å²) in [4.78, 5) is 0. The Hall–Kier alpha value is -1.26. The molecule has 2 aromatic carbocycles. The molecule has 0 N–H and O–H groups in total. The molecule has 1 unspecified atom stereocenters. The molecule has 110 valence electrons. The third-order valence-electron chi connectivity index (χ3n) is 3.35. The molecule has 0 bridgehead atoms. The van der Waals surface area contributed by atoms with Crippen molar-refractivity contribution in [2.75, 3.05) is 6.61 Å². The van der Waals surface area contributed by atoms with Crippen LogP contribution < -0.4 is 9.47 Å². The number of rotatable bonds is 4. The molecule has 0 saturated carbocycles. The van der Waals surface area contributed by atoms with Gasteiger partial charge < -0.3 is 9.47 Å². The Kier molecular flexibility index (Phi) is 4.36. The van der Waals surface area contributed by atoms with E-state index in [4.69, 9.17) is 21.1 Å². The Balaban J connectivity index is 1.65. The van der Waals surface area contributed by atoms with Crippen LogP contribution in [-0.2, 0) is 11.8 Å². The molecule has 1 aliphatic rings. The van der Waals surface area contributed by atoms with Crippen molar-refractivity contribution in [1.82, 2.24) is 0 Å². The quantitative estimate of drug-likeness (QED) is 0.722. The maximum atomic E-state index is 13.2. The third kappa shape index (κ3) is 3.33. The summed E-state index contributed by atoms with van der Waals surface area (Å²) < 4.78 is 24.7. The summed E-state index contributed by atoms with van der Waals surface area (Å²) in [6.45, 7) is 0.415. The van der Waals surface area contributed by atoms with Crippen molar-refractivity contribution in [3.63, 3.8) is 0 Å². The van der Waals surface area contributed by atoms with Crippen LogP contribution >= 0.6 is 27.5 Å². The van der Waals surface area contributed by atoms with Crippen molar-refractivity contribution in [2.45, 2.75) is 17.9 Å². The molecule has 0 saturated heterocycles. The van der Waals surface area contributed by atoms with Crippen LogP contribution in [0.15, 0.2) is 36.4 Å². The van der Waals surface area contributed by atoms with Crippen molar-refractivity contribution >= 4 is 27.5 Å². The third-order valence-corrected chi connectivity index (χ3v) is 4.19. The van der Waals surface area contributed by atoms with Crippen LogP contribution in [0, 0.1) is 5.82 Å². The van der Waals surface area contributed by atoms with Gasteiger partial charge in [0.25, 0.3) is 0 Å². The van der Waals surface area contributed by atoms with E-state index in [2.05, 4.69) is 15.9 Å². The van der Waals surface area contributed by atoms with Gasteiger partial charge in [0.2, 0.25) is 0 Å². The minimum absolute atomic E-state index is 0.0966. The van der Waals surface area contributed by atoms with Crippen molar-refractivity contribution in [3.8, 4) is 11.5 Å². The number of hydrogen-bond acceptors (Lipinski definition) is 2. The van der Waals surface area contributed by atoms with Crippen LogP contribution in [0.5, 0.6) is 11.5 Å². The molecule has 0 aromatic heterocycles. The Bertz CT molecular complexity index is 663. The summed E-state index contributed by atoms with van der Waals surface area (Å²) in [7, 11) is 0. The van der Waals surface area contributed by atoms with Gasteiger partial charge in [-0.1, -0.05) is 27.5 Å². The zero-order chi connectivity index (χ0) is 14.8. The second kappa shape index (κ2) is 6.24. The van der Waals surface area contributed by atoms with Gasteiger partial charge in [0.05, 0.1) is 0 Å². The highest BCUT2D eigenvalue weighted by molar-refractivity contribution is 9.08. The smallest absolute Gasteiger partial charge is 0.137 e. The summed E-state index contributed by atoms with van der Waals surface area (Å²) in [6.07, 6.45) is 0.560. The van der Waals surface area contributed by atoms with Gasteiger partial charge in [0, 0.05) is 27.9 Å². The number of benzene rings is 2. The van der Waals surface area contributed by atoms with E-state index in [0.29, 0.717) is 23.4 Å². The highest BCUT2D eigenvalue weighted by Crippen LogP contribution is 2.30. The zero-order valence-electron chi connectivity index (χ0n) is 11.1. The van der Waals surface area contributed by atoms with E-state index >= 15 is 0 Å².